The molecule has 1 aromatic heterocycles. The minimum absolute atomic E-state index is 0.0114. The van der Waals surface area contributed by atoms with Gasteiger partial charge in [0.15, 0.2) is 8.68 Å². The number of ketones is 1. The fourth-order valence-electron chi connectivity index (χ4n) is 0.832. The number of hydrogen-bond acceptors (Lipinski definition) is 6. The van der Waals surface area contributed by atoms with E-state index in [-0.39, 0.29) is 11.0 Å². The van der Waals surface area contributed by atoms with Crippen molar-refractivity contribution in [2.45, 2.75) is 34.2 Å². The van der Waals surface area contributed by atoms with Crippen molar-refractivity contribution in [3.8, 4) is 0 Å². The molecule has 3 nitrogen and oxygen atoms in total. The number of aromatic nitrogens is 2. The Bertz CT molecular complexity index is 313. The molecule has 1 aromatic rings. The van der Waals surface area contributed by atoms with Crippen molar-refractivity contribution in [3.05, 3.63) is 0 Å². The Hall–Kier alpha value is -0.0700. The molecular weight excluding hydrogens is 236 g/mol. The van der Waals surface area contributed by atoms with Gasteiger partial charge in [0.1, 0.15) is 5.78 Å². The molecule has 78 valence electrons. The predicted octanol–water partition coefficient (Wildman–Crippen LogP) is 2.72. The van der Waals surface area contributed by atoms with Crippen LogP contribution in [0.25, 0.3) is 0 Å². The van der Waals surface area contributed by atoms with Gasteiger partial charge in [-0.3, -0.25) is 4.79 Å². The topological polar surface area (TPSA) is 42.9 Å². The van der Waals surface area contributed by atoms with Crippen LogP contribution >= 0.6 is 34.9 Å². The number of thioether (sulfide) groups is 2. The summed E-state index contributed by atoms with van der Waals surface area (Å²) in [5, 5.41) is 7.96. The molecule has 0 saturated heterocycles. The quantitative estimate of drug-likeness (QED) is 0.750. The van der Waals surface area contributed by atoms with Crippen molar-refractivity contribution in [1.29, 1.82) is 0 Å². The minimum Gasteiger partial charge on any atom is -0.298 e. The highest BCUT2D eigenvalue weighted by atomic mass is 32.2. The lowest BCUT2D eigenvalue weighted by Crippen LogP contribution is -2.10. The van der Waals surface area contributed by atoms with Crippen LogP contribution in [0.2, 0.25) is 0 Å². The number of carbonyl (C=O) groups is 1. The average molecular weight is 248 g/mol. The third kappa shape index (κ3) is 3.25. The van der Waals surface area contributed by atoms with Gasteiger partial charge in [-0.2, -0.15) is 0 Å². The third-order valence-electron chi connectivity index (χ3n) is 1.64. The van der Waals surface area contributed by atoms with Gasteiger partial charge in [0.25, 0.3) is 0 Å². The molecule has 1 rings (SSSR count). The smallest absolute Gasteiger partial charge is 0.175 e. The van der Waals surface area contributed by atoms with Crippen LogP contribution in [0.4, 0.5) is 0 Å². The Kier molecular flexibility index (Phi) is 4.91. The first kappa shape index (κ1) is 12.0. The maximum Gasteiger partial charge on any atom is 0.175 e. The van der Waals surface area contributed by atoms with Gasteiger partial charge in [0.05, 0.1) is 5.25 Å². The predicted molar refractivity (Wildman–Crippen MR) is 62.3 cm³/mol. The molecule has 6 heteroatoms. The number of hydrogen-bond donors (Lipinski definition) is 0. The van der Waals surface area contributed by atoms with Gasteiger partial charge in [-0.1, -0.05) is 41.8 Å². The van der Waals surface area contributed by atoms with Crippen molar-refractivity contribution in [1.82, 2.24) is 10.2 Å². The van der Waals surface area contributed by atoms with Crippen LogP contribution in [0.5, 0.6) is 0 Å². The van der Waals surface area contributed by atoms with Crippen LogP contribution in [0.15, 0.2) is 8.68 Å². The standard InChI is InChI=1S/C8H12N2OS3/c1-4-6(11)5(2)13-8-10-9-7(12-3)14-8/h5H,4H2,1-3H3. The number of Topliss-reactive ketones (excluding diaryl/α,β-unsaturated/α-hetero) is 1. The van der Waals surface area contributed by atoms with Crippen LogP contribution in [-0.4, -0.2) is 27.5 Å². The summed E-state index contributed by atoms with van der Waals surface area (Å²) in [6.07, 6.45) is 2.55. The van der Waals surface area contributed by atoms with Crippen molar-refractivity contribution in [2.24, 2.45) is 0 Å². The number of nitrogens with zero attached hydrogens (tertiary/aromatic N) is 2. The van der Waals surface area contributed by atoms with Gasteiger partial charge in [0, 0.05) is 6.42 Å². The lowest BCUT2D eigenvalue weighted by molar-refractivity contribution is -0.117. The number of rotatable bonds is 5. The molecule has 1 unspecified atom stereocenters. The van der Waals surface area contributed by atoms with Crippen molar-refractivity contribution in [2.75, 3.05) is 6.26 Å². The zero-order valence-electron chi connectivity index (χ0n) is 8.31. The molecule has 0 aliphatic rings. The van der Waals surface area contributed by atoms with E-state index in [1.54, 1.807) is 23.1 Å². The summed E-state index contributed by atoms with van der Waals surface area (Å²) in [6.45, 7) is 3.80. The molecule has 0 spiro atoms. The van der Waals surface area contributed by atoms with E-state index in [2.05, 4.69) is 10.2 Å². The van der Waals surface area contributed by atoms with Crippen molar-refractivity contribution < 1.29 is 4.79 Å². The van der Waals surface area contributed by atoms with Crippen LogP contribution in [0.3, 0.4) is 0 Å². The Balaban J connectivity index is 2.55. The second-order valence-corrected chi connectivity index (χ2v) is 6.24. The maximum absolute atomic E-state index is 11.3. The largest absolute Gasteiger partial charge is 0.298 e. The fourth-order valence-corrected chi connectivity index (χ4v) is 3.55. The van der Waals surface area contributed by atoms with Crippen LogP contribution in [0, 0.1) is 0 Å². The first-order chi connectivity index (χ1) is 6.67. The van der Waals surface area contributed by atoms with Gasteiger partial charge in [-0.15, -0.1) is 10.2 Å². The van der Waals surface area contributed by atoms with Crippen LogP contribution in [0.1, 0.15) is 20.3 Å². The highest BCUT2D eigenvalue weighted by Gasteiger charge is 2.14. The Labute approximate surface area is 96.1 Å². The van der Waals surface area contributed by atoms with E-state index in [0.29, 0.717) is 6.42 Å². The summed E-state index contributed by atoms with van der Waals surface area (Å²) < 4.78 is 1.83. The molecule has 0 bridgehead atoms. The SMILES string of the molecule is CCC(=O)C(C)Sc1nnc(SC)s1. The van der Waals surface area contributed by atoms with E-state index in [9.17, 15) is 4.79 Å². The summed E-state index contributed by atoms with van der Waals surface area (Å²) in [4.78, 5) is 11.3. The summed E-state index contributed by atoms with van der Waals surface area (Å²) in [5.74, 6) is 0.260. The second kappa shape index (κ2) is 5.72. The summed E-state index contributed by atoms with van der Waals surface area (Å²) in [7, 11) is 0. The van der Waals surface area contributed by atoms with E-state index < -0.39 is 0 Å². The molecule has 1 atom stereocenters. The summed E-state index contributed by atoms with van der Waals surface area (Å²) in [6, 6.07) is 0. The minimum atomic E-state index is -0.0114. The summed E-state index contributed by atoms with van der Waals surface area (Å²) >= 11 is 4.61. The van der Waals surface area contributed by atoms with Crippen LogP contribution in [-0.2, 0) is 4.79 Å². The molecule has 14 heavy (non-hydrogen) atoms. The molecule has 0 amide bonds. The molecule has 0 aliphatic carbocycles. The fraction of sp³-hybridized carbons (Fsp3) is 0.625. The number of carbonyl (C=O) groups excluding carboxylic acids is 1. The van der Waals surface area contributed by atoms with E-state index >= 15 is 0 Å². The molecule has 1 heterocycles. The van der Waals surface area contributed by atoms with E-state index in [4.69, 9.17) is 0 Å². The van der Waals surface area contributed by atoms with Gasteiger partial charge < -0.3 is 0 Å². The normalized spacial score (nSPS) is 12.8. The highest BCUT2D eigenvalue weighted by molar-refractivity contribution is 8.03. The molecular formula is C8H12N2OS3. The third-order valence-corrected chi connectivity index (χ3v) is 4.77. The molecule has 0 fully saturated rings. The molecule has 0 radical (unpaired) electrons. The Morgan fingerprint density at radius 2 is 2.14 bits per heavy atom. The highest BCUT2D eigenvalue weighted by Crippen LogP contribution is 2.30. The molecule has 0 aliphatic heterocycles. The lowest BCUT2D eigenvalue weighted by Gasteiger charge is -2.04. The van der Waals surface area contributed by atoms with Crippen molar-refractivity contribution >= 4 is 40.6 Å². The Morgan fingerprint density at radius 1 is 1.50 bits per heavy atom. The van der Waals surface area contributed by atoms with Gasteiger partial charge in [-0.25, -0.2) is 0 Å². The van der Waals surface area contributed by atoms with Gasteiger partial charge in [-0.05, 0) is 13.2 Å². The molecule has 0 N–H and O–H groups in total. The van der Waals surface area contributed by atoms with Crippen LogP contribution < -0.4 is 0 Å². The maximum atomic E-state index is 11.3. The first-order valence-electron chi connectivity index (χ1n) is 4.24. The Morgan fingerprint density at radius 3 is 2.64 bits per heavy atom. The lowest BCUT2D eigenvalue weighted by atomic mass is 10.2. The second-order valence-electron chi connectivity index (χ2n) is 2.62. The van der Waals surface area contributed by atoms with E-state index in [1.165, 1.54) is 11.8 Å². The van der Waals surface area contributed by atoms with Crippen molar-refractivity contribution in [3.63, 3.8) is 0 Å². The van der Waals surface area contributed by atoms with Gasteiger partial charge in [0.2, 0.25) is 0 Å². The zero-order chi connectivity index (χ0) is 10.6. The van der Waals surface area contributed by atoms with Gasteiger partial charge >= 0.3 is 0 Å². The first-order valence-corrected chi connectivity index (χ1v) is 7.16. The summed E-state index contributed by atoms with van der Waals surface area (Å²) in [5.41, 5.74) is 0. The monoisotopic (exact) mass is 248 g/mol. The molecule has 0 saturated carbocycles. The average Bonchev–Trinajstić information content (AvgIpc) is 2.64. The zero-order valence-corrected chi connectivity index (χ0v) is 10.8. The van der Waals surface area contributed by atoms with E-state index in [1.807, 2.05) is 20.1 Å². The van der Waals surface area contributed by atoms with E-state index in [0.717, 1.165) is 8.68 Å². The molecule has 0 aromatic carbocycles.